The Bertz CT molecular complexity index is 1140. The summed E-state index contributed by atoms with van der Waals surface area (Å²) in [6.07, 6.45) is 0. The molecule has 0 radical (unpaired) electrons. The van der Waals surface area contributed by atoms with Crippen molar-refractivity contribution in [2.75, 3.05) is 43.3 Å². The summed E-state index contributed by atoms with van der Waals surface area (Å²) in [6.45, 7) is 6.79. The van der Waals surface area contributed by atoms with Crippen LogP contribution in [0, 0.1) is 0 Å². The topological polar surface area (TPSA) is 121 Å². The molecule has 3 rings (SSSR count). The number of carbonyl (C=O) groups excluding carboxylic acids is 2. The number of nitrogens with one attached hydrogen (secondary N) is 2. The molecule has 0 spiro atoms. The number of hydrogen-bond acceptors (Lipinski definition) is 10. The van der Waals surface area contributed by atoms with Crippen LogP contribution < -0.4 is 29.6 Å². The molecule has 0 aliphatic rings. The number of aromatic nitrogens is 2. The second-order valence-corrected chi connectivity index (χ2v) is 9.19. The van der Waals surface area contributed by atoms with Gasteiger partial charge < -0.3 is 24.3 Å². The Labute approximate surface area is 217 Å². The maximum Gasteiger partial charge on any atom is 0.257 e. The van der Waals surface area contributed by atoms with E-state index in [0.29, 0.717) is 63.5 Å². The van der Waals surface area contributed by atoms with Crippen LogP contribution in [0.5, 0.6) is 23.0 Å². The number of thioether (sulfide) groups is 1. The van der Waals surface area contributed by atoms with Gasteiger partial charge in [0, 0.05) is 11.3 Å². The monoisotopic (exact) mass is 532 g/mol. The molecule has 0 aliphatic heterocycles. The fourth-order valence-corrected chi connectivity index (χ4v) is 4.55. The van der Waals surface area contributed by atoms with E-state index in [0.717, 1.165) is 0 Å². The van der Waals surface area contributed by atoms with Gasteiger partial charge in [-0.15, -0.1) is 10.2 Å². The fraction of sp³-hybridized carbons (Fsp3) is 0.333. The van der Waals surface area contributed by atoms with E-state index in [1.165, 1.54) is 23.1 Å². The molecule has 0 unspecified atom stereocenters. The van der Waals surface area contributed by atoms with Gasteiger partial charge in [0.05, 0.1) is 32.7 Å². The lowest BCUT2D eigenvalue weighted by atomic mass is 10.1. The van der Waals surface area contributed by atoms with Gasteiger partial charge in [0.1, 0.15) is 5.75 Å². The number of carbonyl (C=O) groups is 2. The molecule has 0 saturated carbocycles. The Morgan fingerprint density at radius 1 is 0.917 bits per heavy atom. The molecule has 2 N–H and O–H groups in total. The van der Waals surface area contributed by atoms with Gasteiger partial charge in [0.2, 0.25) is 16.8 Å². The van der Waals surface area contributed by atoms with Crippen molar-refractivity contribution in [3.8, 4) is 23.0 Å². The lowest BCUT2D eigenvalue weighted by Gasteiger charge is -2.16. The number of benzene rings is 2. The summed E-state index contributed by atoms with van der Waals surface area (Å²) in [5, 5.41) is 13.9. The summed E-state index contributed by atoms with van der Waals surface area (Å²) in [4.78, 5) is 25.2. The second kappa shape index (κ2) is 13.5. The highest BCUT2D eigenvalue weighted by Crippen LogP contribution is 2.39. The third kappa shape index (κ3) is 7.49. The molecule has 1 aromatic heterocycles. The van der Waals surface area contributed by atoms with E-state index in [9.17, 15) is 9.59 Å². The van der Waals surface area contributed by atoms with E-state index in [2.05, 4.69) is 20.8 Å². The number of methoxy groups -OCH3 is 1. The number of hydrogen-bond donors (Lipinski definition) is 2. The van der Waals surface area contributed by atoms with E-state index in [1.54, 1.807) is 43.5 Å². The van der Waals surface area contributed by atoms with Crippen molar-refractivity contribution in [1.29, 1.82) is 0 Å². The van der Waals surface area contributed by atoms with Crippen LogP contribution in [0.25, 0.3) is 0 Å². The third-order valence-corrected chi connectivity index (χ3v) is 6.47. The van der Waals surface area contributed by atoms with E-state index >= 15 is 0 Å². The van der Waals surface area contributed by atoms with Gasteiger partial charge in [-0.05, 0) is 57.2 Å². The zero-order valence-corrected chi connectivity index (χ0v) is 22.1. The first-order chi connectivity index (χ1) is 17.5. The highest BCUT2D eigenvalue weighted by molar-refractivity contribution is 8.01. The Morgan fingerprint density at radius 2 is 1.56 bits per heavy atom. The van der Waals surface area contributed by atoms with Crippen LogP contribution in [0.4, 0.5) is 10.8 Å². The number of amides is 2. The average Bonchev–Trinajstić information content (AvgIpc) is 3.32. The molecule has 0 fully saturated rings. The van der Waals surface area contributed by atoms with Crippen LogP contribution in [-0.2, 0) is 4.79 Å². The van der Waals surface area contributed by atoms with Gasteiger partial charge in [-0.3, -0.25) is 14.9 Å². The molecule has 0 atom stereocenters. The minimum Gasteiger partial charge on any atom is -0.497 e. The van der Waals surface area contributed by atoms with Crippen molar-refractivity contribution in [2.45, 2.75) is 25.1 Å². The van der Waals surface area contributed by atoms with Crippen molar-refractivity contribution >= 4 is 45.7 Å². The largest absolute Gasteiger partial charge is 0.497 e. The Hall–Kier alpha value is -3.51. The average molecular weight is 533 g/mol. The zero-order chi connectivity index (χ0) is 25.9. The minimum atomic E-state index is -0.398. The van der Waals surface area contributed by atoms with Crippen LogP contribution in [0.3, 0.4) is 0 Å². The molecule has 10 nitrogen and oxygen atoms in total. The molecular formula is C24H28N4O6S2. The van der Waals surface area contributed by atoms with Crippen molar-refractivity contribution in [3.05, 3.63) is 42.0 Å². The standard InChI is InChI=1S/C24H28N4O6S2/c1-5-32-18-12-15(13-19(33-6-2)21(18)34-7-3)22(30)26-23-27-28-24(36-23)35-14-20(29)25-16-8-10-17(31-4)11-9-16/h8-13H,5-7,14H2,1-4H3,(H,25,29)(H,26,27,30). The number of nitrogens with zero attached hydrogens (tertiary/aromatic N) is 2. The normalized spacial score (nSPS) is 10.4. The highest BCUT2D eigenvalue weighted by atomic mass is 32.2. The highest BCUT2D eigenvalue weighted by Gasteiger charge is 2.19. The summed E-state index contributed by atoms with van der Waals surface area (Å²) >= 11 is 2.40. The first-order valence-electron chi connectivity index (χ1n) is 11.2. The third-order valence-electron chi connectivity index (χ3n) is 4.50. The van der Waals surface area contributed by atoms with Gasteiger partial charge in [-0.2, -0.15) is 0 Å². The van der Waals surface area contributed by atoms with Crippen molar-refractivity contribution in [3.63, 3.8) is 0 Å². The minimum absolute atomic E-state index is 0.142. The molecule has 2 aromatic carbocycles. The fourth-order valence-electron chi connectivity index (χ4n) is 3.01. The molecule has 36 heavy (non-hydrogen) atoms. The van der Waals surface area contributed by atoms with Crippen LogP contribution in [0.1, 0.15) is 31.1 Å². The Kier molecular flexibility index (Phi) is 10.2. The van der Waals surface area contributed by atoms with Gasteiger partial charge in [-0.1, -0.05) is 23.1 Å². The molecule has 12 heteroatoms. The number of rotatable bonds is 13. The van der Waals surface area contributed by atoms with E-state index in [1.807, 2.05) is 20.8 Å². The van der Waals surface area contributed by atoms with Crippen molar-refractivity contribution in [2.24, 2.45) is 0 Å². The molecular weight excluding hydrogens is 504 g/mol. The molecule has 0 aliphatic carbocycles. The molecule has 192 valence electrons. The summed E-state index contributed by atoms with van der Waals surface area (Å²) in [5.74, 6) is 1.57. The lowest BCUT2D eigenvalue weighted by Crippen LogP contribution is -2.13. The Morgan fingerprint density at radius 3 is 2.14 bits per heavy atom. The molecule has 0 bridgehead atoms. The van der Waals surface area contributed by atoms with Crippen LogP contribution in [0.15, 0.2) is 40.7 Å². The lowest BCUT2D eigenvalue weighted by molar-refractivity contribution is -0.113. The summed E-state index contributed by atoms with van der Waals surface area (Å²) < 4.78 is 22.7. The van der Waals surface area contributed by atoms with Crippen LogP contribution in [-0.4, -0.2) is 54.7 Å². The zero-order valence-electron chi connectivity index (χ0n) is 20.5. The summed E-state index contributed by atoms with van der Waals surface area (Å²) in [5.41, 5.74) is 0.994. The quantitative estimate of drug-likeness (QED) is 0.238. The van der Waals surface area contributed by atoms with Crippen molar-refractivity contribution in [1.82, 2.24) is 10.2 Å². The second-order valence-electron chi connectivity index (χ2n) is 6.99. The SMILES string of the molecule is CCOc1cc(C(=O)Nc2nnc(SCC(=O)Nc3ccc(OC)cc3)s2)cc(OCC)c1OCC. The summed E-state index contributed by atoms with van der Waals surface area (Å²) in [7, 11) is 1.58. The van der Waals surface area contributed by atoms with Gasteiger partial charge >= 0.3 is 0 Å². The predicted octanol–water partition coefficient (Wildman–Crippen LogP) is 4.73. The van der Waals surface area contributed by atoms with Crippen LogP contribution in [0.2, 0.25) is 0 Å². The number of ether oxygens (including phenoxy) is 4. The number of anilines is 2. The van der Waals surface area contributed by atoms with Gasteiger partial charge in [0.15, 0.2) is 15.8 Å². The molecule has 2 amide bonds. The maximum atomic E-state index is 12.9. The van der Waals surface area contributed by atoms with Gasteiger partial charge in [0.25, 0.3) is 5.91 Å². The molecule has 0 saturated heterocycles. The maximum absolute atomic E-state index is 12.9. The van der Waals surface area contributed by atoms with E-state index < -0.39 is 5.91 Å². The molecule has 3 aromatic rings. The van der Waals surface area contributed by atoms with Gasteiger partial charge in [-0.25, -0.2) is 0 Å². The predicted molar refractivity (Wildman–Crippen MR) is 140 cm³/mol. The first kappa shape index (κ1) is 27.1. The smallest absolute Gasteiger partial charge is 0.257 e. The summed E-state index contributed by atoms with van der Waals surface area (Å²) in [6, 6.07) is 10.3. The van der Waals surface area contributed by atoms with Crippen molar-refractivity contribution < 1.29 is 28.5 Å². The van der Waals surface area contributed by atoms with E-state index in [-0.39, 0.29) is 11.7 Å². The van der Waals surface area contributed by atoms with E-state index in [4.69, 9.17) is 18.9 Å². The first-order valence-corrected chi connectivity index (χ1v) is 13.1. The Balaban J connectivity index is 1.62. The molecule has 1 heterocycles. The van der Waals surface area contributed by atoms with Crippen LogP contribution >= 0.6 is 23.1 Å².